The lowest BCUT2D eigenvalue weighted by molar-refractivity contribution is 0.0736. The molecule has 0 bridgehead atoms. The number of fused-ring (bicyclic) bond motifs is 1. The fraction of sp³-hybridized carbons (Fsp3) is 0.273. The van der Waals surface area contributed by atoms with Crippen molar-refractivity contribution in [3.63, 3.8) is 0 Å². The number of carbonyl (C=O) groups is 1. The largest absolute Gasteiger partial charge is 0.335 e. The first kappa shape index (κ1) is 16.6. The van der Waals surface area contributed by atoms with Crippen LogP contribution in [-0.2, 0) is 13.5 Å². The molecule has 132 valence electrons. The van der Waals surface area contributed by atoms with Crippen LogP contribution < -0.4 is 5.56 Å². The third-order valence-electron chi connectivity index (χ3n) is 5.32. The van der Waals surface area contributed by atoms with E-state index in [4.69, 9.17) is 0 Å². The Kier molecular flexibility index (Phi) is 4.33. The molecule has 1 aromatic heterocycles. The van der Waals surface area contributed by atoms with Crippen molar-refractivity contribution < 1.29 is 4.79 Å². The molecule has 0 saturated carbocycles. The zero-order valence-electron chi connectivity index (χ0n) is 14.9. The zero-order valence-corrected chi connectivity index (χ0v) is 14.9. The molecule has 1 unspecified atom stereocenters. The Balaban J connectivity index is 1.61. The van der Waals surface area contributed by atoms with Gasteiger partial charge in [-0.25, -0.2) is 0 Å². The van der Waals surface area contributed by atoms with E-state index in [-0.39, 0.29) is 17.5 Å². The van der Waals surface area contributed by atoms with E-state index in [0.29, 0.717) is 5.56 Å². The van der Waals surface area contributed by atoms with Gasteiger partial charge < -0.3 is 9.47 Å². The van der Waals surface area contributed by atoms with Crippen LogP contribution in [0.3, 0.4) is 0 Å². The molecule has 0 spiro atoms. The van der Waals surface area contributed by atoms with Crippen molar-refractivity contribution >= 4 is 16.7 Å². The molecule has 4 rings (SSSR count). The molecule has 3 aromatic rings. The highest BCUT2D eigenvalue weighted by Crippen LogP contribution is 2.26. The standard InChI is InChI=1S/C22H22N2O2/c1-23-13-11-18(15-21(23)25)22(26)24-12-5-9-19(24)14-17-8-4-7-16-6-2-3-10-20(16)17/h2-4,6-8,10-11,13,15,19H,5,9,12,14H2,1H3. The minimum atomic E-state index is -0.152. The van der Waals surface area contributed by atoms with Gasteiger partial charge in [0.05, 0.1) is 0 Å². The normalized spacial score (nSPS) is 17.0. The van der Waals surface area contributed by atoms with Gasteiger partial charge >= 0.3 is 0 Å². The second kappa shape index (κ2) is 6.79. The SMILES string of the molecule is Cn1ccc(C(=O)N2CCCC2Cc2cccc3ccccc23)cc1=O. The lowest BCUT2D eigenvalue weighted by Gasteiger charge is -2.25. The molecule has 1 saturated heterocycles. The van der Waals surface area contributed by atoms with Gasteiger partial charge in [-0.15, -0.1) is 0 Å². The summed E-state index contributed by atoms with van der Waals surface area (Å²) in [5, 5.41) is 2.48. The number of hydrogen-bond acceptors (Lipinski definition) is 2. The van der Waals surface area contributed by atoms with E-state index in [1.54, 1.807) is 19.3 Å². The van der Waals surface area contributed by atoms with Crippen molar-refractivity contribution in [3.05, 3.63) is 82.3 Å². The predicted molar refractivity (Wildman–Crippen MR) is 103 cm³/mol. The van der Waals surface area contributed by atoms with Crippen molar-refractivity contribution in [1.82, 2.24) is 9.47 Å². The molecule has 1 amide bonds. The van der Waals surface area contributed by atoms with Gasteiger partial charge in [-0.05, 0) is 41.7 Å². The molecule has 0 radical (unpaired) electrons. The van der Waals surface area contributed by atoms with Crippen LogP contribution in [0.15, 0.2) is 65.6 Å². The van der Waals surface area contributed by atoms with Crippen molar-refractivity contribution in [3.8, 4) is 0 Å². The Morgan fingerprint density at radius 1 is 1.12 bits per heavy atom. The third-order valence-corrected chi connectivity index (χ3v) is 5.32. The summed E-state index contributed by atoms with van der Waals surface area (Å²) in [5.74, 6) is -0.0366. The summed E-state index contributed by atoms with van der Waals surface area (Å²) in [6.45, 7) is 0.753. The van der Waals surface area contributed by atoms with Gasteiger partial charge in [-0.2, -0.15) is 0 Å². The maximum absolute atomic E-state index is 13.0. The van der Waals surface area contributed by atoms with Crippen LogP contribution in [-0.4, -0.2) is 28.0 Å². The van der Waals surface area contributed by atoms with Crippen LogP contribution >= 0.6 is 0 Å². The van der Waals surface area contributed by atoms with E-state index in [1.165, 1.54) is 27.0 Å². The molecule has 0 aliphatic carbocycles. The summed E-state index contributed by atoms with van der Waals surface area (Å²) >= 11 is 0. The molecule has 1 fully saturated rings. The summed E-state index contributed by atoms with van der Waals surface area (Å²) < 4.78 is 1.48. The molecular formula is C22H22N2O2. The van der Waals surface area contributed by atoms with E-state index < -0.39 is 0 Å². The van der Waals surface area contributed by atoms with Crippen molar-refractivity contribution in [2.24, 2.45) is 7.05 Å². The topological polar surface area (TPSA) is 42.3 Å². The number of aryl methyl sites for hydroxylation is 1. The minimum Gasteiger partial charge on any atom is -0.335 e. The summed E-state index contributed by atoms with van der Waals surface area (Å²) in [7, 11) is 1.69. The fourth-order valence-electron chi connectivity index (χ4n) is 3.89. The second-order valence-corrected chi connectivity index (χ2v) is 7.00. The first-order valence-corrected chi connectivity index (χ1v) is 9.08. The van der Waals surface area contributed by atoms with Crippen LogP contribution in [0, 0.1) is 0 Å². The number of rotatable bonds is 3. The smallest absolute Gasteiger partial charge is 0.254 e. The van der Waals surface area contributed by atoms with E-state index in [9.17, 15) is 9.59 Å². The van der Waals surface area contributed by atoms with Gasteiger partial charge in [0.1, 0.15) is 0 Å². The Bertz CT molecular complexity index is 1020. The number of amides is 1. The number of likely N-dealkylation sites (tertiary alicyclic amines) is 1. The van der Waals surface area contributed by atoms with Gasteiger partial charge in [0.15, 0.2) is 0 Å². The molecule has 2 heterocycles. The maximum atomic E-state index is 13.0. The monoisotopic (exact) mass is 346 g/mol. The number of carbonyl (C=O) groups excluding carboxylic acids is 1. The molecule has 0 N–H and O–H groups in total. The Hall–Kier alpha value is -2.88. The average Bonchev–Trinajstić information content (AvgIpc) is 3.12. The lowest BCUT2D eigenvalue weighted by atomic mass is 9.97. The van der Waals surface area contributed by atoms with Crippen LogP contribution in [0.25, 0.3) is 10.8 Å². The van der Waals surface area contributed by atoms with Gasteiger partial charge in [-0.3, -0.25) is 9.59 Å². The molecule has 1 aliphatic heterocycles. The molecule has 26 heavy (non-hydrogen) atoms. The lowest BCUT2D eigenvalue weighted by Crippen LogP contribution is -2.37. The number of pyridine rings is 1. The minimum absolute atomic E-state index is 0.0366. The zero-order chi connectivity index (χ0) is 18.1. The van der Waals surface area contributed by atoms with Crippen molar-refractivity contribution in [1.29, 1.82) is 0 Å². The quantitative estimate of drug-likeness (QED) is 0.729. The van der Waals surface area contributed by atoms with Gasteiger partial charge in [0.2, 0.25) is 0 Å². The number of hydrogen-bond donors (Lipinski definition) is 0. The highest BCUT2D eigenvalue weighted by atomic mass is 16.2. The van der Waals surface area contributed by atoms with Crippen LogP contribution in [0.2, 0.25) is 0 Å². The molecule has 1 aliphatic rings. The number of aromatic nitrogens is 1. The number of benzene rings is 2. The van der Waals surface area contributed by atoms with Gasteiger partial charge in [0, 0.05) is 37.5 Å². The van der Waals surface area contributed by atoms with Crippen LogP contribution in [0.4, 0.5) is 0 Å². The van der Waals surface area contributed by atoms with Crippen LogP contribution in [0.5, 0.6) is 0 Å². The summed E-state index contributed by atoms with van der Waals surface area (Å²) in [5.41, 5.74) is 1.61. The summed E-state index contributed by atoms with van der Waals surface area (Å²) in [6.07, 6.45) is 4.51. The summed E-state index contributed by atoms with van der Waals surface area (Å²) in [6, 6.07) is 18.1. The molecule has 2 aromatic carbocycles. The summed E-state index contributed by atoms with van der Waals surface area (Å²) in [4.78, 5) is 26.8. The fourth-order valence-corrected chi connectivity index (χ4v) is 3.89. The van der Waals surface area contributed by atoms with Gasteiger partial charge in [0.25, 0.3) is 11.5 Å². The molecule has 4 heteroatoms. The van der Waals surface area contributed by atoms with E-state index in [0.717, 1.165) is 25.8 Å². The highest BCUT2D eigenvalue weighted by Gasteiger charge is 2.30. The highest BCUT2D eigenvalue weighted by molar-refractivity contribution is 5.94. The van der Waals surface area contributed by atoms with Crippen molar-refractivity contribution in [2.45, 2.75) is 25.3 Å². The van der Waals surface area contributed by atoms with E-state index in [2.05, 4.69) is 36.4 Å². The second-order valence-electron chi connectivity index (χ2n) is 7.00. The van der Waals surface area contributed by atoms with Gasteiger partial charge in [-0.1, -0.05) is 42.5 Å². The average molecular weight is 346 g/mol. The first-order chi connectivity index (χ1) is 12.6. The van der Waals surface area contributed by atoms with E-state index >= 15 is 0 Å². The number of nitrogens with zero attached hydrogens (tertiary/aromatic N) is 2. The third kappa shape index (κ3) is 3.03. The van der Waals surface area contributed by atoms with Crippen molar-refractivity contribution in [2.75, 3.05) is 6.54 Å². The molecule has 4 nitrogen and oxygen atoms in total. The Labute approximate surface area is 152 Å². The predicted octanol–water partition coefficient (Wildman–Crippen LogP) is 3.39. The molecule has 1 atom stereocenters. The Morgan fingerprint density at radius 2 is 1.92 bits per heavy atom. The first-order valence-electron chi connectivity index (χ1n) is 9.08. The van der Waals surface area contributed by atoms with E-state index in [1.807, 2.05) is 11.0 Å². The maximum Gasteiger partial charge on any atom is 0.254 e. The van der Waals surface area contributed by atoms with Crippen LogP contribution in [0.1, 0.15) is 28.8 Å². The Morgan fingerprint density at radius 3 is 2.77 bits per heavy atom. The molecular weight excluding hydrogens is 324 g/mol.